The minimum absolute atomic E-state index is 0.0555. The van der Waals surface area contributed by atoms with Gasteiger partial charge in [0.1, 0.15) is 0 Å². The van der Waals surface area contributed by atoms with Crippen molar-refractivity contribution in [3.05, 3.63) is 35.4 Å². The monoisotopic (exact) mass is 352 g/mol. The number of carbonyl (C=O) groups is 1. The third kappa shape index (κ3) is 5.91. The summed E-state index contributed by atoms with van der Waals surface area (Å²) in [5, 5.41) is 2.99. The molecule has 0 bridgehead atoms. The zero-order valence-electron chi connectivity index (χ0n) is 14.6. The number of benzene rings is 1. The van der Waals surface area contributed by atoms with Crippen LogP contribution in [0.2, 0.25) is 0 Å². The number of hydrogen-bond acceptors (Lipinski definition) is 3. The average Bonchev–Trinajstić information content (AvgIpc) is 2.55. The first-order valence-electron chi connectivity index (χ1n) is 8.64. The van der Waals surface area contributed by atoms with E-state index in [1.54, 1.807) is 0 Å². The molecule has 1 aromatic rings. The molecule has 134 valence electrons. The fraction of sp³-hybridized carbons (Fsp3) is 0.611. The van der Waals surface area contributed by atoms with E-state index in [2.05, 4.69) is 36.5 Å². The second-order valence-electron chi connectivity index (χ2n) is 6.67. The molecule has 0 radical (unpaired) electrons. The zero-order valence-corrected chi connectivity index (χ0v) is 15.4. The minimum atomic E-state index is -3.13. The lowest BCUT2D eigenvalue weighted by atomic mass is 9.97. The van der Waals surface area contributed by atoms with Crippen LogP contribution in [0.25, 0.3) is 0 Å². The summed E-state index contributed by atoms with van der Waals surface area (Å²) in [7, 11) is -3.13. The van der Waals surface area contributed by atoms with Crippen LogP contribution < -0.4 is 5.32 Å². The first-order valence-corrected chi connectivity index (χ1v) is 10.5. The van der Waals surface area contributed by atoms with Gasteiger partial charge in [-0.25, -0.2) is 12.7 Å². The lowest BCUT2D eigenvalue weighted by Crippen LogP contribution is -2.42. The number of unbranched alkanes of at least 4 members (excludes halogenated alkanes) is 1. The average molecular weight is 353 g/mol. The Morgan fingerprint density at radius 3 is 2.38 bits per heavy atom. The lowest BCUT2D eigenvalue weighted by molar-refractivity contribution is -0.126. The molecule has 1 heterocycles. The van der Waals surface area contributed by atoms with Crippen LogP contribution in [0.1, 0.15) is 36.8 Å². The summed E-state index contributed by atoms with van der Waals surface area (Å²) in [5.74, 6) is 0.0126. The topological polar surface area (TPSA) is 66.5 Å². The van der Waals surface area contributed by atoms with Crippen molar-refractivity contribution in [1.29, 1.82) is 0 Å². The van der Waals surface area contributed by atoms with E-state index in [1.807, 2.05) is 0 Å². The van der Waals surface area contributed by atoms with Crippen LogP contribution in [0.3, 0.4) is 0 Å². The number of nitrogens with zero attached hydrogens (tertiary/aromatic N) is 1. The van der Waals surface area contributed by atoms with Crippen molar-refractivity contribution in [3.63, 3.8) is 0 Å². The summed E-state index contributed by atoms with van der Waals surface area (Å²) in [4.78, 5) is 12.1. The molecule has 0 aromatic heterocycles. The van der Waals surface area contributed by atoms with E-state index in [4.69, 9.17) is 0 Å². The molecule has 1 amide bonds. The van der Waals surface area contributed by atoms with Gasteiger partial charge in [0.2, 0.25) is 15.9 Å². The Bertz CT molecular complexity index is 633. The Kier molecular flexibility index (Phi) is 6.80. The van der Waals surface area contributed by atoms with Gasteiger partial charge in [-0.2, -0.15) is 0 Å². The van der Waals surface area contributed by atoms with Crippen molar-refractivity contribution in [3.8, 4) is 0 Å². The standard InChI is InChI=1S/C18H28N2O3S/c1-15-6-8-16(9-7-15)5-3-4-12-19-18(21)17-10-13-20(14-11-17)24(2,22)23/h6-9,17H,3-5,10-14H2,1-2H3,(H,19,21). The molecule has 2 rings (SSSR count). The Morgan fingerprint density at radius 2 is 1.79 bits per heavy atom. The third-order valence-corrected chi connectivity index (χ3v) is 5.91. The SMILES string of the molecule is Cc1ccc(CCCCNC(=O)C2CCN(S(C)(=O)=O)CC2)cc1. The lowest BCUT2D eigenvalue weighted by Gasteiger charge is -2.29. The van der Waals surface area contributed by atoms with Crippen LogP contribution >= 0.6 is 0 Å². The second kappa shape index (κ2) is 8.62. The van der Waals surface area contributed by atoms with Crippen LogP contribution in [-0.2, 0) is 21.2 Å². The molecule has 1 fully saturated rings. The molecule has 1 aliphatic heterocycles. The molecule has 24 heavy (non-hydrogen) atoms. The summed E-state index contributed by atoms with van der Waals surface area (Å²) >= 11 is 0. The molecule has 5 nitrogen and oxygen atoms in total. The van der Waals surface area contributed by atoms with Crippen molar-refractivity contribution < 1.29 is 13.2 Å². The highest BCUT2D eigenvalue weighted by molar-refractivity contribution is 7.88. The maximum absolute atomic E-state index is 12.1. The molecule has 0 saturated carbocycles. The summed E-state index contributed by atoms with van der Waals surface area (Å²) < 4.78 is 24.4. The van der Waals surface area contributed by atoms with Gasteiger partial charge in [0.25, 0.3) is 0 Å². The number of nitrogens with one attached hydrogen (secondary N) is 1. The Labute approximate surface area is 145 Å². The highest BCUT2D eigenvalue weighted by Gasteiger charge is 2.28. The third-order valence-electron chi connectivity index (χ3n) is 4.61. The van der Waals surface area contributed by atoms with Gasteiger partial charge >= 0.3 is 0 Å². The molecular formula is C18H28N2O3S. The number of rotatable bonds is 7. The number of amides is 1. The predicted molar refractivity (Wildman–Crippen MR) is 96.3 cm³/mol. The maximum atomic E-state index is 12.1. The Balaban J connectivity index is 1.61. The number of hydrogen-bond donors (Lipinski definition) is 1. The molecule has 0 spiro atoms. The smallest absolute Gasteiger partial charge is 0.223 e. The van der Waals surface area contributed by atoms with E-state index < -0.39 is 10.0 Å². The second-order valence-corrected chi connectivity index (χ2v) is 8.65. The van der Waals surface area contributed by atoms with Crippen molar-refractivity contribution in [2.24, 2.45) is 5.92 Å². The van der Waals surface area contributed by atoms with Crippen LogP contribution in [0.15, 0.2) is 24.3 Å². The Morgan fingerprint density at radius 1 is 1.17 bits per heavy atom. The zero-order chi connectivity index (χ0) is 17.6. The highest BCUT2D eigenvalue weighted by Crippen LogP contribution is 2.19. The first kappa shape index (κ1) is 18.9. The molecule has 1 aromatic carbocycles. The molecule has 6 heteroatoms. The van der Waals surface area contributed by atoms with Gasteiger partial charge in [0.15, 0.2) is 0 Å². The molecule has 0 aliphatic carbocycles. The van der Waals surface area contributed by atoms with Crippen LogP contribution in [0.5, 0.6) is 0 Å². The molecule has 1 N–H and O–H groups in total. The van der Waals surface area contributed by atoms with Gasteiger partial charge in [-0.1, -0.05) is 29.8 Å². The Hall–Kier alpha value is -1.40. The largest absolute Gasteiger partial charge is 0.356 e. The summed E-state index contributed by atoms with van der Waals surface area (Å²) in [6.07, 6.45) is 5.49. The van der Waals surface area contributed by atoms with Crippen LogP contribution in [0.4, 0.5) is 0 Å². The van der Waals surface area contributed by atoms with E-state index in [9.17, 15) is 13.2 Å². The number of sulfonamides is 1. The summed E-state index contributed by atoms with van der Waals surface area (Å²) in [6, 6.07) is 8.56. The maximum Gasteiger partial charge on any atom is 0.223 e. The van der Waals surface area contributed by atoms with Gasteiger partial charge in [0.05, 0.1) is 6.26 Å². The van der Waals surface area contributed by atoms with Crippen LogP contribution in [0, 0.1) is 12.8 Å². The molecule has 1 saturated heterocycles. The first-order chi connectivity index (χ1) is 11.4. The molecule has 0 unspecified atom stereocenters. The summed E-state index contributed by atoms with van der Waals surface area (Å²) in [5.41, 5.74) is 2.60. The van der Waals surface area contributed by atoms with Gasteiger partial charge in [0, 0.05) is 25.6 Å². The van der Waals surface area contributed by atoms with E-state index in [0.29, 0.717) is 32.5 Å². The predicted octanol–water partition coefficient (Wildman–Crippen LogP) is 2.11. The van der Waals surface area contributed by atoms with Crippen molar-refractivity contribution in [1.82, 2.24) is 9.62 Å². The van der Waals surface area contributed by atoms with Crippen molar-refractivity contribution in [2.75, 3.05) is 25.9 Å². The van der Waals surface area contributed by atoms with E-state index >= 15 is 0 Å². The summed E-state index contributed by atoms with van der Waals surface area (Å²) in [6.45, 7) is 3.67. The van der Waals surface area contributed by atoms with Gasteiger partial charge < -0.3 is 5.32 Å². The van der Waals surface area contributed by atoms with Crippen molar-refractivity contribution in [2.45, 2.75) is 39.0 Å². The van der Waals surface area contributed by atoms with E-state index in [1.165, 1.54) is 21.7 Å². The number of aryl methyl sites for hydroxylation is 2. The van der Waals surface area contributed by atoms with Gasteiger partial charge in [-0.15, -0.1) is 0 Å². The number of carbonyl (C=O) groups excluding carboxylic acids is 1. The fourth-order valence-corrected chi connectivity index (χ4v) is 3.89. The minimum Gasteiger partial charge on any atom is -0.356 e. The molecule has 1 aliphatic rings. The normalized spacial score (nSPS) is 16.9. The molecular weight excluding hydrogens is 324 g/mol. The van der Waals surface area contributed by atoms with Gasteiger partial charge in [-0.3, -0.25) is 4.79 Å². The van der Waals surface area contributed by atoms with E-state index in [-0.39, 0.29) is 11.8 Å². The van der Waals surface area contributed by atoms with E-state index in [0.717, 1.165) is 19.3 Å². The number of piperidine rings is 1. The van der Waals surface area contributed by atoms with Crippen molar-refractivity contribution >= 4 is 15.9 Å². The fourth-order valence-electron chi connectivity index (χ4n) is 3.01. The van der Waals surface area contributed by atoms with Crippen LogP contribution in [-0.4, -0.2) is 44.5 Å². The highest BCUT2D eigenvalue weighted by atomic mass is 32.2. The van der Waals surface area contributed by atoms with Gasteiger partial charge in [-0.05, 0) is 44.6 Å². The molecule has 0 atom stereocenters. The quantitative estimate of drug-likeness (QED) is 0.764.